The van der Waals surface area contributed by atoms with Crippen molar-refractivity contribution in [2.75, 3.05) is 14.2 Å². The molecular formula is C38H40Cl2HfO2. The summed E-state index contributed by atoms with van der Waals surface area (Å²) in [6.45, 7) is 4.76. The largest absolute Gasteiger partial charge is 0.147 e. The van der Waals surface area contributed by atoms with Crippen molar-refractivity contribution in [2.45, 2.75) is 42.4 Å². The van der Waals surface area contributed by atoms with Crippen LogP contribution in [0.4, 0.5) is 0 Å². The number of rotatable bonds is 8. The van der Waals surface area contributed by atoms with Gasteiger partial charge in [0.15, 0.2) is 0 Å². The first-order chi connectivity index (χ1) is 20.1. The Labute approximate surface area is 273 Å². The SMILES string of the molecule is CCC1=Cc2c(-c3ccc(OC)cc3)cccc2[CH]1[Hf]1([CH]2C(CC)=Cc3c(-c4ccc(OC)cc4)cccc32)[CH2][CH2]1.Cl.Cl. The van der Waals surface area contributed by atoms with Crippen LogP contribution in [0.1, 0.15) is 56.3 Å². The summed E-state index contributed by atoms with van der Waals surface area (Å²) in [5.41, 5.74) is 14.8. The van der Waals surface area contributed by atoms with Gasteiger partial charge in [-0.05, 0) is 0 Å². The Kier molecular flexibility index (Phi) is 9.47. The van der Waals surface area contributed by atoms with Gasteiger partial charge in [0.25, 0.3) is 0 Å². The van der Waals surface area contributed by atoms with Gasteiger partial charge in [-0.1, -0.05) is 0 Å². The number of hydrogen-bond acceptors (Lipinski definition) is 2. The summed E-state index contributed by atoms with van der Waals surface area (Å²) in [4.78, 5) is 0. The van der Waals surface area contributed by atoms with Crippen LogP contribution in [-0.4, -0.2) is 14.2 Å². The minimum absolute atomic E-state index is 0. The number of allylic oxidation sites excluding steroid dienone is 2. The number of ether oxygens (including phenoxy) is 2. The van der Waals surface area contributed by atoms with E-state index in [4.69, 9.17) is 9.47 Å². The Morgan fingerprint density at radius 3 is 1.30 bits per heavy atom. The van der Waals surface area contributed by atoms with Crippen LogP contribution in [-0.2, 0) is 20.0 Å². The topological polar surface area (TPSA) is 18.5 Å². The van der Waals surface area contributed by atoms with E-state index >= 15 is 0 Å². The molecule has 0 N–H and O–H groups in total. The maximum Gasteiger partial charge on any atom is -0.147 e. The van der Waals surface area contributed by atoms with Crippen LogP contribution in [0, 0.1) is 0 Å². The molecule has 4 aromatic rings. The number of hydrogen-bond donors (Lipinski definition) is 0. The monoisotopic (exact) mass is 778 g/mol. The number of halogens is 2. The Bertz CT molecular complexity index is 1560. The molecule has 222 valence electrons. The first-order valence-electron chi connectivity index (χ1n) is 15.1. The number of benzene rings is 4. The van der Waals surface area contributed by atoms with Crippen LogP contribution in [0.3, 0.4) is 0 Å². The van der Waals surface area contributed by atoms with Crippen LogP contribution in [0.15, 0.2) is 96.1 Å². The molecule has 2 unspecified atom stereocenters. The Balaban J connectivity index is 0.00000184. The molecule has 0 aromatic heterocycles. The normalized spacial score (nSPS) is 18.8. The second kappa shape index (κ2) is 12.8. The van der Waals surface area contributed by atoms with Crippen molar-refractivity contribution in [3.05, 3.63) is 118 Å². The van der Waals surface area contributed by atoms with E-state index in [0.717, 1.165) is 24.3 Å². The summed E-state index contributed by atoms with van der Waals surface area (Å²) < 4.78 is 15.2. The van der Waals surface area contributed by atoms with Crippen molar-refractivity contribution in [3.8, 4) is 33.8 Å². The second-order valence-electron chi connectivity index (χ2n) is 11.8. The third-order valence-electron chi connectivity index (χ3n) is 9.90. The predicted octanol–water partition coefficient (Wildman–Crippen LogP) is 11.3. The van der Waals surface area contributed by atoms with Gasteiger partial charge in [0, 0.05) is 0 Å². The van der Waals surface area contributed by atoms with Crippen molar-refractivity contribution in [3.63, 3.8) is 0 Å². The first-order valence-corrected chi connectivity index (χ1v) is 24.3. The van der Waals surface area contributed by atoms with Gasteiger partial charge in [0.2, 0.25) is 0 Å². The summed E-state index contributed by atoms with van der Waals surface area (Å²) in [5.74, 6) is 1.82. The number of methoxy groups -OCH3 is 2. The van der Waals surface area contributed by atoms with Gasteiger partial charge in [-0.2, -0.15) is 0 Å². The minimum Gasteiger partial charge on any atom is -0.147 e. The summed E-state index contributed by atoms with van der Waals surface area (Å²) >= 11 is -2.88. The van der Waals surface area contributed by atoms with Crippen LogP contribution in [0.5, 0.6) is 11.5 Å². The maximum atomic E-state index is 5.44. The minimum atomic E-state index is -2.88. The van der Waals surface area contributed by atoms with E-state index in [1.807, 2.05) is 0 Å². The van der Waals surface area contributed by atoms with E-state index in [-0.39, 0.29) is 24.8 Å². The molecule has 3 aliphatic rings. The van der Waals surface area contributed by atoms with E-state index in [1.165, 1.54) is 41.7 Å². The molecule has 1 saturated heterocycles. The van der Waals surface area contributed by atoms with Gasteiger partial charge in [-0.3, -0.25) is 0 Å². The van der Waals surface area contributed by atoms with Crippen molar-refractivity contribution in [1.82, 2.24) is 0 Å². The molecule has 4 aromatic carbocycles. The zero-order chi connectivity index (χ0) is 28.1. The third-order valence-corrected chi connectivity index (χ3v) is 29.0. The Hall–Kier alpha value is -2.59. The van der Waals surface area contributed by atoms with Crippen LogP contribution in [0.2, 0.25) is 8.35 Å². The molecule has 43 heavy (non-hydrogen) atoms. The van der Waals surface area contributed by atoms with Gasteiger partial charge in [0.05, 0.1) is 0 Å². The quantitative estimate of drug-likeness (QED) is 0.166. The number of fused-ring (bicyclic) bond motifs is 2. The molecule has 2 atom stereocenters. The molecule has 7 rings (SSSR count). The van der Waals surface area contributed by atoms with E-state index in [9.17, 15) is 0 Å². The fourth-order valence-electron chi connectivity index (χ4n) is 7.83. The van der Waals surface area contributed by atoms with Crippen molar-refractivity contribution >= 4 is 37.0 Å². The standard InChI is InChI=1S/2C18H17O.C2H4.2ClH.Hf/c2*1-3-13-11-15-5-4-6-17(18(15)12-13)14-7-9-16(19-2)10-8-14;1-2;;;/h2*4-12H,3H2,1-2H3;1-2H2;2*1H;. The van der Waals surface area contributed by atoms with Gasteiger partial charge in [0.1, 0.15) is 0 Å². The van der Waals surface area contributed by atoms with E-state index in [2.05, 4.69) is 111 Å². The Morgan fingerprint density at radius 1 is 0.581 bits per heavy atom. The average Bonchev–Trinajstić information content (AvgIpc) is 3.56. The predicted molar refractivity (Wildman–Crippen MR) is 183 cm³/mol. The van der Waals surface area contributed by atoms with Gasteiger partial charge >= 0.3 is 250 Å². The zero-order valence-electron chi connectivity index (χ0n) is 25.4. The van der Waals surface area contributed by atoms with Crippen molar-refractivity contribution in [1.29, 1.82) is 0 Å². The molecule has 2 aliphatic carbocycles. The van der Waals surface area contributed by atoms with Crippen molar-refractivity contribution in [2.24, 2.45) is 0 Å². The molecule has 1 aliphatic heterocycles. The first kappa shape index (κ1) is 31.8. The second-order valence-corrected chi connectivity index (χ2v) is 28.4. The maximum absolute atomic E-state index is 5.44. The molecule has 0 spiro atoms. The summed E-state index contributed by atoms with van der Waals surface area (Å²) in [5, 5.41) is 0. The van der Waals surface area contributed by atoms with E-state index in [1.54, 1.807) is 36.5 Å². The van der Waals surface area contributed by atoms with E-state index in [0.29, 0.717) is 7.35 Å². The zero-order valence-corrected chi connectivity index (χ0v) is 30.6. The molecule has 0 saturated carbocycles. The van der Waals surface area contributed by atoms with Gasteiger partial charge in [-0.15, -0.1) is 24.8 Å². The average molecular weight is 778 g/mol. The van der Waals surface area contributed by atoms with E-state index < -0.39 is 20.0 Å². The third kappa shape index (κ3) is 5.26. The molecule has 1 fully saturated rings. The molecule has 0 radical (unpaired) electrons. The van der Waals surface area contributed by atoms with Gasteiger partial charge < -0.3 is 0 Å². The molecule has 0 amide bonds. The van der Waals surface area contributed by atoms with Crippen LogP contribution < -0.4 is 9.47 Å². The summed E-state index contributed by atoms with van der Waals surface area (Å²) in [6, 6.07) is 31.4. The molecule has 5 heteroatoms. The molecule has 1 heterocycles. The summed E-state index contributed by atoms with van der Waals surface area (Å²) in [6.07, 6.45) is 7.44. The smallest absolute Gasteiger partial charge is 0.147 e. The molecule has 2 nitrogen and oxygen atoms in total. The molecule has 0 bridgehead atoms. The van der Waals surface area contributed by atoms with Crippen LogP contribution >= 0.6 is 24.8 Å². The molecular weight excluding hydrogens is 738 g/mol. The Morgan fingerprint density at radius 2 is 0.977 bits per heavy atom. The van der Waals surface area contributed by atoms with Crippen LogP contribution in [0.25, 0.3) is 34.4 Å². The fraction of sp³-hybridized carbons (Fsp3) is 0.263. The van der Waals surface area contributed by atoms with Crippen molar-refractivity contribution < 1.29 is 29.4 Å². The summed E-state index contributed by atoms with van der Waals surface area (Å²) in [7, 11) is 3.47. The van der Waals surface area contributed by atoms with Gasteiger partial charge in [-0.25, -0.2) is 0 Å². The fourth-order valence-corrected chi connectivity index (χ4v) is 36.3.